The Morgan fingerprint density at radius 2 is 1.62 bits per heavy atom. The van der Waals surface area contributed by atoms with Gasteiger partial charge in [0, 0.05) is 58.9 Å². The molecule has 0 radical (unpaired) electrons. The quantitative estimate of drug-likeness (QED) is 0.148. The van der Waals surface area contributed by atoms with Gasteiger partial charge in [-0.1, -0.05) is 18.2 Å². The number of aryl methyl sites for hydroxylation is 2. The number of carbonyl (C=O) groups is 3. The van der Waals surface area contributed by atoms with Crippen molar-refractivity contribution in [2.45, 2.75) is 45.3 Å². The summed E-state index contributed by atoms with van der Waals surface area (Å²) in [6.07, 6.45) is 5.26. The largest absolute Gasteiger partial charge is 0.481 e. The number of aromatic nitrogens is 1. The second-order valence-electron chi connectivity index (χ2n) is 11.3. The van der Waals surface area contributed by atoms with Crippen LogP contribution in [-0.4, -0.2) is 46.7 Å². The third kappa shape index (κ3) is 8.51. The highest BCUT2D eigenvalue weighted by molar-refractivity contribution is 7.98. The topological polar surface area (TPSA) is 112 Å². The third-order valence-corrected chi connectivity index (χ3v) is 8.98. The van der Waals surface area contributed by atoms with Crippen molar-refractivity contribution in [3.63, 3.8) is 0 Å². The first-order chi connectivity index (χ1) is 21.8. The van der Waals surface area contributed by atoms with Crippen LogP contribution in [0, 0.1) is 13.8 Å². The molecule has 2 amide bonds. The summed E-state index contributed by atoms with van der Waals surface area (Å²) in [5, 5.41) is 15.0. The van der Waals surface area contributed by atoms with Gasteiger partial charge in [0.25, 0.3) is 11.8 Å². The first-order valence-electron chi connectivity index (χ1n) is 15.2. The van der Waals surface area contributed by atoms with Crippen LogP contribution in [0.1, 0.15) is 63.1 Å². The van der Waals surface area contributed by atoms with E-state index in [0.717, 1.165) is 53.9 Å². The molecule has 2 heterocycles. The molecule has 4 aromatic rings. The number of anilines is 3. The van der Waals surface area contributed by atoms with E-state index in [0.29, 0.717) is 39.7 Å². The van der Waals surface area contributed by atoms with Gasteiger partial charge in [-0.25, -0.2) is 0 Å². The predicted octanol–water partition coefficient (Wildman–Crippen LogP) is 7.57. The molecule has 1 aliphatic rings. The Kier molecular flexibility index (Phi) is 10.5. The van der Waals surface area contributed by atoms with E-state index in [2.05, 4.69) is 26.6 Å². The van der Waals surface area contributed by atoms with Crippen LogP contribution >= 0.6 is 11.8 Å². The van der Waals surface area contributed by atoms with E-state index in [4.69, 9.17) is 5.11 Å². The van der Waals surface area contributed by atoms with Gasteiger partial charge in [-0.3, -0.25) is 19.4 Å². The second-order valence-corrected chi connectivity index (χ2v) is 12.4. The molecule has 1 aromatic heterocycles. The zero-order valence-corrected chi connectivity index (χ0v) is 26.5. The summed E-state index contributed by atoms with van der Waals surface area (Å²) in [6.45, 7) is 5.95. The molecular weight excluding hydrogens is 584 g/mol. The first kappa shape index (κ1) is 31.8. The number of nitrogens with zero attached hydrogens (tertiary/aromatic N) is 2. The average Bonchev–Trinajstić information content (AvgIpc) is 3.05. The number of nitrogens with one attached hydrogen (secondary N) is 2. The van der Waals surface area contributed by atoms with E-state index in [1.807, 2.05) is 68.4 Å². The number of pyridine rings is 1. The van der Waals surface area contributed by atoms with Gasteiger partial charge >= 0.3 is 5.97 Å². The van der Waals surface area contributed by atoms with Gasteiger partial charge in [0.2, 0.25) is 0 Å². The van der Waals surface area contributed by atoms with E-state index >= 15 is 0 Å². The summed E-state index contributed by atoms with van der Waals surface area (Å²) in [5.41, 5.74) is 7.90. The van der Waals surface area contributed by atoms with Gasteiger partial charge in [0.1, 0.15) is 0 Å². The van der Waals surface area contributed by atoms with Gasteiger partial charge in [-0.15, -0.1) is 0 Å². The molecule has 0 saturated carbocycles. The summed E-state index contributed by atoms with van der Waals surface area (Å²) in [7, 11) is 0. The van der Waals surface area contributed by atoms with Crippen LogP contribution in [0.15, 0.2) is 79.0 Å². The lowest BCUT2D eigenvalue weighted by Gasteiger charge is -2.29. The second kappa shape index (κ2) is 14.9. The Morgan fingerprint density at radius 3 is 2.40 bits per heavy atom. The number of rotatable bonds is 11. The van der Waals surface area contributed by atoms with Gasteiger partial charge in [0.15, 0.2) is 0 Å². The van der Waals surface area contributed by atoms with Gasteiger partial charge in [-0.2, -0.15) is 11.8 Å². The minimum Gasteiger partial charge on any atom is -0.481 e. The summed E-state index contributed by atoms with van der Waals surface area (Å²) in [4.78, 5) is 44.4. The smallest absolute Gasteiger partial charge is 0.304 e. The molecule has 0 aliphatic carbocycles. The molecular formula is C36H38N4O4S. The number of carbonyl (C=O) groups excluding carboxylic acids is 2. The molecule has 1 saturated heterocycles. The van der Waals surface area contributed by atoms with Crippen LogP contribution in [0.4, 0.5) is 17.1 Å². The SMILES string of the molecule is Cc1ccc(C(=O)Nc2ccnc(-c3cc(N4CCCCC4)ccc3NC(=O)c3cccc(CSCCC(=O)O)c3)c2)cc1C. The number of piperidine rings is 1. The summed E-state index contributed by atoms with van der Waals surface area (Å²) in [5.74, 6) is -0.142. The molecule has 0 atom stereocenters. The Balaban J connectivity index is 1.40. The fraction of sp³-hybridized carbons (Fsp3) is 0.278. The lowest BCUT2D eigenvalue weighted by atomic mass is 10.0. The van der Waals surface area contributed by atoms with Crippen LogP contribution in [-0.2, 0) is 10.5 Å². The van der Waals surface area contributed by atoms with Gasteiger partial charge in [0.05, 0.1) is 17.8 Å². The number of thioether (sulfide) groups is 1. The molecule has 9 heteroatoms. The highest BCUT2D eigenvalue weighted by Crippen LogP contribution is 2.34. The van der Waals surface area contributed by atoms with E-state index in [-0.39, 0.29) is 18.2 Å². The highest BCUT2D eigenvalue weighted by Gasteiger charge is 2.18. The minimum absolute atomic E-state index is 0.103. The monoisotopic (exact) mass is 622 g/mol. The molecule has 0 bridgehead atoms. The summed E-state index contributed by atoms with van der Waals surface area (Å²) in [6, 6.07) is 22.6. The molecule has 0 unspecified atom stereocenters. The Bertz CT molecular complexity index is 1700. The maximum atomic E-state index is 13.5. The number of hydrogen-bond acceptors (Lipinski definition) is 6. The van der Waals surface area contributed by atoms with Crippen molar-refractivity contribution < 1.29 is 19.5 Å². The molecule has 45 heavy (non-hydrogen) atoms. The number of hydrogen-bond donors (Lipinski definition) is 3. The number of carboxylic acids is 1. The van der Waals surface area contributed by atoms with Crippen LogP contribution in [0.3, 0.4) is 0 Å². The Hall–Kier alpha value is -4.63. The molecule has 5 rings (SSSR count). The molecule has 8 nitrogen and oxygen atoms in total. The van der Waals surface area contributed by atoms with Crippen molar-refractivity contribution in [1.82, 2.24) is 4.98 Å². The highest BCUT2D eigenvalue weighted by atomic mass is 32.2. The van der Waals surface area contributed by atoms with E-state index in [1.54, 1.807) is 18.3 Å². The van der Waals surface area contributed by atoms with Gasteiger partial charge in [-0.05, 0) is 104 Å². The zero-order valence-electron chi connectivity index (χ0n) is 25.6. The normalized spacial score (nSPS) is 12.9. The maximum absolute atomic E-state index is 13.5. The standard InChI is InChI=1S/C36H38N4O4S/c1-24-9-10-28(19-25(24)2)35(43)38-29-13-15-37-33(21-29)31-22-30(40-16-4-3-5-17-40)11-12-32(31)39-36(44)27-8-6-7-26(20-27)23-45-18-14-34(41)42/h6-13,15,19-22H,3-5,14,16-18,23H2,1-2H3,(H,39,44)(H,41,42)(H,37,38,43). The van der Waals surface area contributed by atoms with Crippen LogP contribution in [0.2, 0.25) is 0 Å². The lowest BCUT2D eigenvalue weighted by Crippen LogP contribution is -2.29. The molecule has 3 N–H and O–H groups in total. The molecule has 0 spiro atoms. The Morgan fingerprint density at radius 1 is 0.844 bits per heavy atom. The molecule has 3 aromatic carbocycles. The van der Waals surface area contributed by atoms with Crippen molar-refractivity contribution in [3.8, 4) is 11.3 Å². The Labute approximate surface area is 268 Å². The first-order valence-corrected chi connectivity index (χ1v) is 16.4. The lowest BCUT2D eigenvalue weighted by molar-refractivity contribution is -0.136. The van der Waals surface area contributed by atoms with Crippen molar-refractivity contribution in [3.05, 3.63) is 107 Å². The predicted molar refractivity (Wildman–Crippen MR) is 182 cm³/mol. The summed E-state index contributed by atoms with van der Waals surface area (Å²) < 4.78 is 0. The molecule has 1 fully saturated rings. The van der Waals surface area contributed by atoms with Crippen molar-refractivity contribution in [1.29, 1.82) is 0 Å². The zero-order chi connectivity index (χ0) is 31.8. The van der Waals surface area contributed by atoms with Crippen LogP contribution in [0.5, 0.6) is 0 Å². The number of aliphatic carboxylic acids is 1. The summed E-state index contributed by atoms with van der Waals surface area (Å²) >= 11 is 1.52. The van der Waals surface area contributed by atoms with E-state index in [9.17, 15) is 14.4 Å². The fourth-order valence-electron chi connectivity index (χ4n) is 5.29. The van der Waals surface area contributed by atoms with E-state index < -0.39 is 5.97 Å². The average molecular weight is 623 g/mol. The number of benzene rings is 3. The van der Waals surface area contributed by atoms with Crippen LogP contribution < -0.4 is 15.5 Å². The van der Waals surface area contributed by atoms with Crippen molar-refractivity contribution in [2.24, 2.45) is 0 Å². The number of carboxylic acid groups (broad SMARTS) is 1. The third-order valence-electron chi connectivity index (χ3n) is 7.95. The maximum Gasteiger partial charge on any atom is 0.304 e. The van der Waals surface area contributed by atoms with Crippen molar-refractivity contribution in [2.75, 3.05) is 34.4 Å². The molecule has 1 aliphatic heterocycles. The molecule has 232 valence electrons. The van der Waals surface area contributed by atoms with Gasteiger partial charge < -0.3 is 20.6 Å². The van der Waals surface area contributed by atoms with E-state index in [1.165, 1.54) is 18.2 Å². The minimum atomic E-state index is -0.818. The fourth-order valence-corrected chi connectivity index (χ4v) is 6.17. The van der Waals surface area contributed by atoms with Crippen molar-refractivity contribution >= 4 is 46.6 Å². The van der Waals surface area contributed by atoms with Crippen LogP contribution in [0.25, 0.3) is 11.3 Å². The number of amides is 2.